The maximum atomic E-state index is 13.5. The van der Waals surface area contributed by atoms with Crippen LogP contribution in [-0.4, -0.2) is 41.6 Å². The van der Waals surface area contributed by atoms with Crippen molar-refractivity contribution in [3.05, 3.63) is 52.4 Å². The summed E-state index contributed by atoms with van der Waals surface area (Å²) in [5.41, 5.74) is -0.778. The normalized spacial score (nSPS) is 19.1. The number of carbonyl (C=O) groups is 2. The fourth-order valence-electron chi connectivity index (χ4n) is 3.45. The predicted molar refractivity (Wildman–Crippen MR) is 105 cm³/mol. The first kappa shape index (κ1) is 23.0. The molecule has 11 heteroatoms. The van der Waals surface area contributed by atoms with E-state index in [0.717, 1.165) is 21.9 Å². The van der Waals surface area contributed by atoms with Crippen LogP contribution in [0.4, 0.5) is 29.1 Å². The van der Waals surface area contributed by atoms with Gasteiger partial charge in [-0.25, -0.2) is 9.37 Å². The molecule has 1 aromatic carbocycles. The highest BCUT2D eigenvalue weighted by molar-refractivity contribution is 6.31. The summed E-state index contributed by atoms with van der Waals surface area (Å²) >= 11 is 5.77. The van der Waals surface area contributed by atoms with Crippen LogP contribution in [-0.2, 0) is 15.8 Å². The Balaban J connectivity index is 2.02. The second kappa shape index (κ2) is 8.43. The number of likely N-dealkylation sites (N-methyl/N-ethyl adjacent to an activating group) is 1. The lowest BCUT2D eigenvalue weighted by atomic mass is 10.1. The molecular formula is C20H18ClF4N3O3. The Labute approximate surface area is 180 Å². The lowest BCUT2D eigenvalue weighted by Crippen LogP contribution is -2.46. The summed E-state index contributed by atoms with van der Waals surface area (Å²) in [6.07, 6.45) is -4.80. The number of alkyl halides is 3. The summed E-state index contributed by atoms with van der Waals surface area (Å²) in [4.78, 5) is 32.0. The van der Waals surface area contributed by atoms with Gasteiger partial charge in [0.05, 0.1) is 23.1 Å². The molecule has 6 nitrogen and oxygen atoms in total. The van der Waals surface area contributed by atoms with Gasteiger partial charge >= 0.3 is 6.18 Å². The number of carbonyl (C=O) groups excluding carboxylic acids is 2. The summed E-state index contributed by atoms with van der Waals surface area (Å²) in [6, 6.07) is 3.89. The topological polar surface area (TPSA) is 73.7 Å². The molecule has 1 aromatic heterocycles. The first-order valence-corrected chi connectivity index (χ1v) is 9.54. The van der Waals surface area contributed by atoms with Crippen molar-refractivity contribution in [3.63, 3.8) is 0 Å². The highest BCUT2D eigenvalue weighted by Gasteiger charge is 2.46. The summed E-state index contributed by atoms with van der Waals surface area (Å²) < 4.78 is 53.2. The van der Waals surface area contributed by atoms with Gasteiger partial charge in [-0.3, -0.25) is 14.5 Å². The third-order valence-electron chi connectivity index (χ3n) is 5.05. The van der Waals surface area contributed by atoms with Crippen molar-refractivity contribution >= 4 is 34.9 Å². The zero-order valence-electron chi connectivity index (χ0n) is 16.5. The van der Waals surface area contributed by atoms with Crippen LogP contribution in [0.3, 0.4) is 0 Å². The van der Waals surface area contributed by atoms with E-state index in [2.05, 4.69) is 4.98 Å². The van der Waals surface area contributed by atoms with Gasteiger partial charge in [-0.2, -0.15) is 13.2 Å². The van der Waals surface area contributed by atoms with Crippen LogP contribution in [0.1, 0.15) is 17.7 Å². The van der Waals surface area contributed by atoms with E-state index < -0.39 is 47.9 Å². The van der Waals surface area contributed by atoms with Gasteiger partial charge in [0.25, 0.3) is 0 Å². The molecular weight excluding hydrogens is 442 g/mol. The Kier molecular flexibility index (Phi) is 6.24. The number of benzene rings is 1. The predicted octanol–water partition coefficient (Wildman–Crippen LogP) is 3.58. The molecule has 2 aromatic rings. The molecule has 0 radical (unpaired) electrons. The molecule has 0 spiro atoms. The lowest BCUT2D eigenvalue weighted by molar-refractivity contribution is -0.137. The van der Waals surface area contributed by atoms with Gasteiger partial charge < -0.3 is 10.0 Å². The number of amides is 2. The van der Waals surface area contributed by atoms with Crippen molar-refractivity contribution < 1.29 is 32.3 Å². The average Bonchev–Trinajstić information content (AvgIpc) is 3.04. The van der Waals surface area contributed by atoms with Crippen molar-refractivity contribution in [1.82, 2.24) is 4.98 Å². The van der Waals surface area contributed by atoms with Gasteiger partial charge in [0.1, 0.15) is 17.7 Å². The van der Waals surface area contributed by atoms with Crippen molar-refractivity contribution in [2.75, 3.05) is 23.5 Å². The van der Waals surface area contributed by atoms with E-state index in [1.165, 1.54) is 26.1 Å². The molecule has 2 heterocycles. The Hall–Kier alpha value is -2.72. The minimum atomic E-state index is -4.68. The van der Waals surface area contributed by atoms with Crippen LogP contribution < -0.4 is 9.80 Å². The van der Waals surface area contributed by atoms with E-state index in [0.29, 0.717) is 6.07 Å². The third kappa shape index (κ3) is 4.49. The number of hydrogen-bond acceptors (Lipinski definition) is 4. The summed E-state index contributed by atoms with van der Waals surface area (Å²) in [5, 5.41) is 9.31. The fourth-order valence-corrected chi connectivity index (χ4v) is 3.62. The molecule has 3 rings (SSSR count). The average molecular weight is 460 g/mol. The zero-order valence-corrected chi connectivity index (χ0v) is 17.2. The molecule has 2 amide bonds. The number of aliphatic hydroxyl groups is 1. The van der Waals surface area contributed by atoms with Crippen LogP contribution in [0.15, 0.2) is 30.3 Å². The summed E-state index contributed by atoms with van der Waals surface area (Å²) in [7, 11) is 1.37. The van der Waals surface area contributed by atoms with E-state index in [9.17, 15) is 32.3 Å². The number of nitrogens with zero attached hydrogens (tertiary/aromatic N) is 3. The number of aromatic nitrogens is 1. The van der Waals surface area contributed by atoms with Gasteiger partial charge in [-0.05, 0) is 43.7 Å². The number of pyridine rings is 1. The van der Waals surface area contributed by atoms with Gasteiger partial charge in [0.15, 0.2) is 0 Å². The molecule has 1 N–H and O–H groups in total. The van der Waals surface area contributed by atoms with E-state index in [4.69, 9.17) is 11.6 Å². The SMILES string of the molecule is Cc1cc(C(F)(F)F)cc(N2C(=O)C(CO)CC2C(=O)N(C)c2ccc(F)c(Cl)c2)n1. The standard InChI is InChI=1S/C20H18ClF4N3O3/c1-10-5-12(20(23,24)25)7-17(26-10)28-16(6-11(9-29)18(28)30)19(31)27(2)13-3-4-15(22)14(21)8-13/h3-5,7-8,11,16,29H,6,9H2,1-2H3. The van der Waals surface area contributed by atoms with Crippen LogP contribution in [0.25, 0.3) is 0 Å². The first-order valence-electron chi connectivity index (χ1n) is 9.16. The minimum absolute atomic E-state index is 0.00921. The Morgan fingerprint density at radius 3 is 2.58 bits per heavy atom. The smallest absolute Gasteiger partial charge is 0.396 e. The van der Waals surface area contributed by atoms with Crippen LogP contribution in [0.5, 0.6) is 0 Å². The number of aryl methyl sites for hydroxylation is 1. The quantitative estimate of drug-likeness (QED) is 0.709. The molecule has 1 fully saturated rings. The maximum Gasteiger partial charge on any atom is 0.416 e. The Morgan fingerprint density at radius 1 is 1.32 bits per heavy atom. The van der Waals surface area contributed by atoms with Crippen molar-refractivity contribution in [1.29, 1.82) is 0 Å². The molecule has 166 valence electrons. The fraction of sp³-hybridized carbons (Fsp3) is 0.350. The van der Waals surface area contributed by atoms with E-state index in [1.807, 2.05) is 0 Å². The van der Waals surface area contributed by atoms with E-state index in [-0.39, 0.29) is 28.6 Å². The van der Waals surface area contributed by atoms with Crippen molar-refractivity contribution in [3.8, 4) is 0 Å². The van der Waals surface area contributed by atoms with Crippen molar-refractivity contribution in [2.45, 2.75) is 25.6 Å². The van der Waals surface area contributed by atoms with Crippen LogP contribution >= 0.6 is 11.6 Å². The zero-order chi connectivity index (χ0) is 23.1. The lowest BCUT2D eigenvalue weighted by Gasteiger charge is -2.28. The number of rotatable bonds is 4. The molecule has 2 unspecified atom stereocenters. The number of anilines is 2. The molecule has 1 aliphatic rings. The summed E-state index contributed by atoms with van der Waals surface area (Å²) in [5.74, 6) is -3.36. The second-order valence-electron chi connectivity index (χ2n) is 7.19. The molecule has 0 saturated carbocycles. The molecule has 0 aliphatic carbocycles. The maximum absolute atomic E-state index is 13.5. The van der Waals surface area contributed by atoms with Crippen molar-refractivity contribution in [2.24, 2.45) is 5.92 Å². The molecule has 31 heavy (non-hydrogen) atoms. The summed E-state index contributed by atoms with van der Waals surface area (Å²) in [6.45, 7) is 0.759. The Morgan fingerprint density at radius 2 is 2.00 bits per heavy atom. The highest BCUT2D eigenvalue weighted by Crippen LogP contribution is 2.36. The second-order valence-corrected chi connectivity index (χ2v) is 7.60. The minimum Gasteiger partial charge on any atom is -0.396 e. The molecule has 0 bridgehead atoms. The van der Waals surface area contributed by atoms with Gasteiger partial charge in [-0.15, -0.1) is 0 Å². The highest BCUT2D eigenvalue weighted by atomic mass is 35.5. The Bertz CT molecular complexity index is 1030. The number of halogens is 5. The van der Waals surface area contributed by atoms with Gasteiger partial charge in [0.2, 0.25) is 11.8 Å². The largest absolute Gasteiger partial charge is 0.416 e. The van der Waals surface area contributed by atoms with E-state index in [1.54, 1.807) is 0 Å². The van der Waals surface area contributed by atoms with E-state index >= 15 is 0 Å². The first-order chi connectivity index (χ1) is 14.4. The molecule has 1 aliphatic heterocycles. The monoisotopic (exact) mass is 459 g/mol. The molecule has 2 atom stereocenters. The number of aliphatic hydroxyl groups excluding tert-OH is 1. The number of hydrogen-bond donors (Lipinski definition) is 1. The van der Waals surface area contributed by atoms with Gasteiger partial charge in [0, 0.05) is 18.4 Å². The van der Waals surface area contributed by atoms with Crippen LogP contribution in [0.2, 0.25) is 5.02 Å². The van der Waals surface area contributed by atoms with Gasteiger partial charge in [-0.1, -0.05) is 11.6 Å². The third-order valence-corrected chi connectivity index (χ3v) is 5.34. The van der Waals surface area contributed by atoms with Crippen LogP contribution in [0, 0.1) is 18.7 Å². The molecule has 1 saturated heterocycles.